The molecule has 2 rings (SSSR count). The molecule has 1 N–H and O–H groups in total. The molecule has 0 fully saturated rings. The maximum atomic E-state index is 4.25. The number of aryl methyl sites for hydroxylation is 1. The second-order valence-electron chi connectivity index (χ2n) is 5.66. The van der Waals surface area contributed by atoms with Gasteiger partial charge in [0.1, 0.15) is 0 Å². The lowest BCUT2D eigenvalue weighted by atomic mass is 9.76. The molecule has 0 aliphatic rings. The summed E-state index contributed by atoms with van der Waals surface area (Å²) < 4.78 is 1.86. The molecule has 0 aliphatic heterocycles. The van der Waals surface area contributed by atoms with Crippen molar-refractivity contribution in [3.63, 3.8) is 0 Å². The number of hydrogen-bond donors (Lipinski definition) is 1. The number of rotatable bonds is 5. The van der Waals surface area contributed by atoms with Crippen LogP contribution in [0, 0.1) is 0 Å². The number of aromatic nitrogens is 2. The summed E-state index contributed by atoms with van der Waals surface area (Å²) in [6, 6.07) is 11.1. The standard InChI is InChI=1S/C16H23N3/c1-16(2,14-8-6-5-7-9-14)15(17-3)10-13-11-18-19(4)12-13/h5-9,11-12,15,17H,10H2,1-4H3. The third kappa shape index (κ3) is 3.04. The summed E-state index contributed by atoms with van der Waals surface area (Å²) in [6.07, 6.45) is 5.02. The Bertz CT molecular complexity index is 514. The van der Waals surface area contributed by atoms with Crippen LogP contribution in [0.1, 0.15) is 25.0 Å². The highest BCUT2D eigenvalue weighted by Gasteiger charge is 2.30. The van der Waals surface area contributed by atoms with E-state index in [2.05, 4.69) is 60.8 Å². The third-order valence-electron chi connectivity index (χ3n) is 3.94. The van der Waals surface area contributed by atoms with Crippen LogP contribution in [0.2, 0.25) is 0 Å². The Morgan fingerprint density at radius 3 is 2.47 bits per heavy atom. The van der Waals surface area contributed by atoms with Gasteiger partial charge in [0.25, 0.3) is 0 Å². The van der Waals surface area contributed by atoms with Crippen LogP contribution >= 0.6 is 0 Å². The van der Waals surface area contributed by atoms with E-state index in [0.29, 0.717) is 6.04 Å². The van der Waals surface area contributed by atoms with Gasteiger partial charge in [0.15, 0.2) is 0 Å². The molecule has 3 nitrogen and oxygen atoms in total. The minimum atomic E-state index is 0.0752. The lowest BCUT2D eigenvalue weighted by Crippen LogP contribution is -2.44. The minimum absolute atomic E-state index is 0.0752. The van der Waals surface area contributed by atoms with E-state index in [1.54, 1.807) is 0 Å². The van der Waals surface area contributed by atoms with Crippen LogP contribution in [0.3, 0.4) is 0 Å². The highest BCUT2D eigenvalue weighted by Crippen LogP contribution is 2.28. The van der Waals surface area contributed by atoms with Gasteiger partial charge < -0.3 is 5.32 Å². The first-order valence-electron chi connectivity index (χ1n) is 6.74. The van der Waals surface area contributed by atoms with Crippen LogP contribution in [-0.4, -0.2) is 22.9 Å². The SMILES string of the molecule is CNC(Cc1cnn(C)c1)C(C)(C)c1ccccc1. The molecule has 1 heterocycles. The van der Waals surface area contributed by atoms with Crippen molar-refractivity contribution in [2.45, 2.75) is 31.7 Å². The van der Waals surface area contributed by atoms with Crippen molar-refractivity contribution in [2.75, 3.05) is 7.05 Å². The Morgan fingerprint density at radius 2 is 1.95 bits per heavy atom. The van der Waals surface area contributed by atoms with E-state index in [0.717, 1.165) is 6.42 Å². The highest BCUT2D eigenvalue weighted by molar-refractivity contribution is 5.27. The van der Waals surface area contributed by atoms with Crippen LogP contribution in [0.4, 0.5) is 0 Å². The van der Waals surface area contributed by atoms with Gasteiger partial charge >= 0.3 is 0 Å². The number of hydrogen-bond acceptors (Lipinski definition) is 2. The summed E-state index contributed by atoms with van der Waals surface area (Å²) in [7, 11) is 3.99. The van der Waals surface area contributed by atoms with Gasteiger partial charge in [-0.2, -0.15) is 5.10 Å². The second kappa shape index (κ2) is 5.57. The summed E-state index contributed by atoms with van der Waals surface area (Å²) in [6.45, 7) is 4.58. The van der Waals surface area contributed by atoms with Gasteiger partial charge in [-0.1, -0.05) is 44.2 Å². The zero-order valence-electron chi connectivity index (χ0n) is 12.2. The van der Waals surface area contributed by atoms with E-state index in [-0.39, 0.29) is 5.41 Å². The molecule has 19 heavy (non-hydrogen) atoms. The zero-order chi connectivity index (χ0) is 13.9. The van der Waals surface area contributed by atoms with Crippen molar-refractivity contribution >= 4 is 0 Å². The van der Waals surface area contributed by atoms with Crippen molar-refractivity contribution < 1.29 is 0 Å². The van der Waals surface area contributed by atoms with Crippen molar-refractivity contribution in [2.24, 2.45) is 7.05 Å². The monoisotopic (exact) mass is 257 g/mol. The van der Waals surface area contributed by atoms with Crippen LogP contribution < -0.4 is 5.32 Å². The largest absolute Gasteiger partial charge is 0.316 e. The number of nitrogens with zero attached hydrogens (tertiary/aromatic N) is 2. The summed E-state index contributed by atoms with van der Waals surface area (Å²) in [5, 5.41) is 7.71. The first-order valence-corrected chi connectivity index (χ1v) is 6.74. The minimum Gasteiger partial charge on any atom is -0.316 e. The van der Waals surface area contributed by atoms with E-state index in [4.69, 9.17) is 0 Å². The molecule has 102 valence electrons. The van der Waals surface area contributed by atoms with Gasteiger partial charge in [-0.3, -0.25) is 4.68 Å². The molecule has 1 aromatic heterocycles. The van der Waals surface area contributed by atoms with Crippen LogP contribution in [0.5, 0.6) is 0 Å². The Balaban J connectivity index is 2.21. The van der Waals surface area contributed by atoms with Crippen LogP contribution in [0.15, 0.2) is 42.7 Å². The Hall–Kier alpha value is -1.61. The second-order valence-corrected chi connectivity index (χ2v) is 5.66. The quantitative estimate of drug-likeness (QED) is 0.892. The molecule has 0 amide bonds. The maximum absolute atomic E-state index is 4.25. The number of nitrogens with one attached hydrogen (secondary N) is 1. The molecule has 3 heteroatoms. The van der Waals surface area contributed by atoms with Crippen molar-refractivity contribution in [1.82, 2.24) is 15.1 Å². The van der Waals surface area contributed by atoms with Crippen LogP contribution in [-0.2, 0) is 18.9 Å². The van der Waals surface area contributed by atoms with Gasteiger partial charge in [-0.05, 0) is 24.6 Å². The van der Waals surface area contributed by atoms with Gasteiger partial charge in [0.05, 0.1) is 6.20 Å². The average molecular weight is 257 g/mol. The Morgan fingerprint density at radius 1 is 1.26 bits per heavy atom. The topological polar surface area (TPSA) is 29.9 Å². The molecular weight excluding hydrogens is 234 g/mol. The number of benzene rings is 1. The van der Waals surface area contributed by atoms with E-state index in [9.17, 15) is 0 Å². The van der Waals surface area contributed by atoms with Crippen molar-refractivity contribution in [3.8, 4) is 0 Å². The summed E-state index contributed by atoms with van der Waals surface area (Å²) in [5.74, 6) is 0. The fourth-order valence-electron chi connectivity index (χ4n) is 2.60. The normalized spacial score (nSPS) is 13.5. The first kappa shape index (κ1) is 13.8. The van der Waals surface area contributed by atoms with E-state index >= 15 is 0 Å². The lowest BCUT2D eigenvalue weighted by molar-refractivity contribution is 0.356. The number of likely N-dealkylation sites (N-methyl/N-ethyl adjacent to an activating group) is 1. The molecule has 1 unspecified atom stereocenters. The highest BCUT2D eigenvalue weighted by atomic mass is 15.2. The smallest absolute Gasteiger partial charge is 0.0522 e. The fraction of sp³-hybridized carbons (Fsp3) is 0.438. The molecular formula is C16H23N3. The summed E-state index contributed by atoms with van der Waals surface area (Å²) >= 11 is 0. The molecule has 0 spiro atoms. The molecule has 2 aromatic rings. The lowest BCUT2D eigenvalue weighted by Gasteiger charge is -2.34. The predicted molar refractivity (Wildman–Crippen MR) is 79.2 cm³/mol. The summed E-state index contributed by atoms with van der Waals surface area (Å²) in [4.78, 5) is 0. The van der Waals surface area contributed by atoms with Gasteiger partial charge in [0, 0.05) is 24.7 Å². The first-order chi connectivity index (χ1) is 9.04. The van der Waals surface area contributed by atoms with Crippen LogP contribution in [0.25, 0.3) is 0 Å². The van der Waals surface area contributed by atoms with E-state index < -0.39 is 0 Å². The maximum Gasteiger partial charge on any atom is 0.0522 e. The van der Waals surface area contributed by atoms with Gasteiger partial charge in [0.2, 0.25) is 0 Å². The zero-order valence-corrected chi connectivity index (χ0v) is 12.2. The molecule has 1 atom stereocenters. The van der Waals surface area contributed by atoms with Gasteiger partial charge in [-0.15, -0.1) is 0 Å². The Labute approximate surface area is 115 Å². The van der Waals surface area contributed by atoms with Gasteiger partial charge in [-0.25, -0.2) is 0 Å². The van der Waals surface area contributed by atoms with E-state index in [1.165, 1.54) is 11.1 Å². The third-order valence-corrected chi connectivity index (χ3v) is 3.94. The molecule has 0 aliphatic carbocycles. The fourth-order valence-corrected chi connectivity index (χ4v) is 2.60. The Kier molecular flexibility index (Phi) is 4.05. The van der Waals surface area contributed by atoms with Crippen molar-refractivity contribution in [3.05, 3.63) is 53.9 Å². The summed E-state index contributed by atoms with van der Waals surface area (Å²) in [5.41, 5.74) is 2.70. The van der Waals surface area contributed by atoms with Crippen molar-refractivity contribution in [1.29, 1.82) is 0 Å². The molecule has 0 saturated carbocycles. The average Bonchev–Trinajstić information content (AvgIpc) is 2.82. The molecule has 0 bridgehead atoms. The van der Waals surface area contributed by atoms with E-state index in [1.807, 2.05) is 25.0 Å². The molecule has 1 aromatic carbocycles. The molecule has 0 radical (unpaired) electrons. The predicted octanol–water partition coefficient (Wildman–Crippen LogP) is 2.53. The molecule has 0 saturated heterocycles.